The van der Waals surface area contributed by atoms with Gasteiger partial charge in [0.15, 0.2) is 0 Å². The quantitative estimate of drug-likeness (QED) is 0.149. The number of benzene rings is 8. The Morgan fingerprint density at radius 3 is 1.74 bits per heavy atom. The zero-order valence-corrected chi connectivity index (χ0v) is 38.5. The highest BCUT2D eigenvalue weighted by molar-refractivity contribution is 5.98. The number of hydrogen-bond acceptors (Lipinski definition) is 3. The van der Waals surface area contributed by atoms with Gasteiger partial charge in [-0.1, -0.05) is 188 Å². The SMILES string of the molecule is [2H]C([2H])([2H])C(c1ccc(-n2c(-c3cc(C(C)C)cc(C(C)C)c3O)nc3c(-c4cc(-c5ccccc5)cc(-c5cc(-c6ccc(-c7ccccc7)cc6)ccn5)c4)cccc32)c(-c2ccccc2)c1)(C([2H])([2H])[2H])C([2H])([2H])[2H]. The Kier molecular flexibility index (Phi) is 9.18. The van der Waals surface area contributed by atoms with Gasteiger partial charge in [0.05, 0.1) is 28.0 Å². The molecule has 2 heterocycles. The monoisotopic (exact) mass is 893 g/mol. The number of phenolic OH excluding ortho intramolecular Hbond substituents is 1. The van der Waals surface area contributed by atoms with Gasteiger partial charge in [0, 0.05) is 35.2 Å². The van der Waals surface area contributed by atoms with Crippen molar-refractivity contribution in [1.82, 2.24) is 14.5 Å². The van der Waals surface area contributed by atoms with Gasteiger partial charge >= 0.3 is 0 Å². The van der Waals surface area contributed by atoms with Crippen LogP contribution in [0.25, 0.3) is 95.0 Å². The number of pyridine rings is 1. The van der Waals surface area contributed by atoms with Gasteiger partial charge in [0.1, 0.15) is 11.6 Å². The van der Waals surface area contributed by atoms with Crippen molar-refractivity contribution < 1.29 is 17.4 Å². The van der Waals surface area contributed by atoms with Gasteiger partial charge in [-0.3, -0.25) is 9.55 Å². The topological polar surface area (TPSA) is 50.9 Å². The lowest BCUT2D eigenvalue weighted by Gasteiger charge is -2.23. The van der Waals surface area contributed by atoms with E-state index >= 15 is 0 Å². The second kappa shape index (κ2) is 18.1. The van der Waals surface area contributed by atoms with Crippen LogP contribution in [0.2, 0.25) is 0 Å². The fourth-order valence-corrected chi connectivity index (χ4v) is 9.18. The Morgan fingerprint density at radius 2 is 1.09 bits per heavy atom. The molecule has 0 fully saturated rings. The van der Waals surface area contributed by atoms with Crippen LogP contribution >= 0.6 is 0 Å². The summed E-state index contributed by atoms with van der Waals surface area (Å²) >= 11 is 0. The predicted octanol–water partition coefficient (Wildman–Crippen LogP) is 17.3. The van der Waals surface area contributed by atoms with Gasteiger partial charge in [0.25, 0.3) is 0 Å². The molecular formula is C64H57N3O. The highest BCUT2D eigenvalue weighted by atomic mass is 16.3. The van der Waals surface area contributed by atoms with E-state index in [1.165, 1.54) is 12.1 Å². The fraction of sp³-hybridized carbons (Fsp3) is 0.156. The Morgan fingerprint density at radius 1 is 0.485 bits per heavy atom. The lowest BCUT2D eigenvalue weighted by Crippen LogP contribution is -2.12. The van der Waals surface area contributed by atoms with E-state index in [9.17, 15) is 5.11 Å². The molecule has 10 rings (SSSR count). The van der Waals surface area contributed by atoms with Gasteiger partial charge in [-0.25, -0.2) is 4.98 Å². The third-order valence-electron chi connectivity index (χ3n) is 12.9. The van der Waals surface area contributed by atoms with E-state index in [0.29, 0.717) is 39.2 Å². The minimum absolute atomic E-state index is 0.0423. The van der Waals surface area contributed by atoms with Gasteiger partial charge in [-0.15, -0.1) is 0 Å². The van der Waals surface area contributed by atoms with Crippen molar-refractivity contribution >= 4 is 11.0 Å². The number of rotatable bonds is 10. The first-order valence-electron chi connectivity index (χ1n) is 27.6. The molecule has 0 bridgehead atoms. The lowest BCUT2D eigenvalue weighted by molar-refractivity contribution is 0.466. The second-order valence-corrected chi connectivity index (χ2v) is 18.1. The summed E-state index contributed by atoms with van der Waals surface area (Å²) in [5, 5.41) is 12.5. The summed E-state index contributed by atoms with van der Waals surface area (Å²) in [6, 6.07) is 62.6. The van der Waals surface area contributed by atoms with Crippen LogP contribution in [0.5, 0.6) is 5.75 Å². The summed E-state index contributed by atoms with van der Waals surface area (Å²) < 4.78 is 79.6. The van der Waals surface area contributed by atoms with Crippen LogP contribution in [-0.4, -0.2) is 19.6 Å². The Balaban J connectivity index is 1.25. The largest absolute Gasteiger partial charge is 0.507 e. The van der Waals surface area contributed by atoms with Crippen molar-refractivity contribution in [2.75, 3.05) is 0 Å². The average molecular weight is 893 g/mol. The first-order valence-corrected chi connectivity index (χ1v) is 23.1. The molecule has 0 saturated heterocycles. The Labute approximate surface area is 414 Å². The lowest BCUT2D eigenvalue weighted by atomic mass is 9.85. The van der Waals surface area contributed by atoms with Crippen LogP contribution in [0.3, 0.4) is 0 Å². The molecule has 0 aliphatic carbocycles. The predicted molar refractivity (Wildman–Crippen MR) is 285 cm³/mol. The number of para-hydroxylation sites is 1. The van der Waals surface area contributed by atoms with E-state index in [-0.39, 0.29) is 23.1 Å². The summed E-state index contributed by atoms with van der Waals surface area (Å²) in [4.78, 5) is 10.5. The molecule has 4 nitrogen and oxygen atoms in total. The normalized spacial score (nSPS) is 14.3. The molecule has 2 aromatic heterocycles. The van der Waals surface area contributed by atoms with E-state index in [1.807, 2.05) is 116 Å². The van der Waals surface area contributed by atoms with Gasteiger partial charge in [0.2, 0.25) is 0 Å². The van der Waals surface area contributed by atoms with Crippen molar-refractivity contribution in [3.8, 4) is 89.7 Å². The fourth-order valence-electron chi connectivity index (χ4n) is 9.18. The smallest absolute Gasteiger partial charge is 0.149 e. The number of fused-ring (bicyclic) bond motifs is 1. The van der Waals surface area contributed by atoms with Gasteiger partial charge in [-0.05, 0) is 133 Å². The second-order valence-electron chi connectivity index (χ2n) is 18.1. The maximum atomic E-state index is 12.5. The molecular weight excluding hydrogens is 827 g/mol. The van der Waals surface area contributed by atoms with Crippen molar-refractivity contribution in [2.45, 2.75) is 65.5 Å². The van der Waals surface area contributed by atoms with E-state index in [0.717, 1.165) is 66.9 Å². The van der Waals surface area contributed by atoms with Gasteiger partial charge < -0.3 is 5.11 Å². The van der Waals surface area contributed by atoms with Crippen molar-refractivity contribution in [3.05, 3.63) is 217 Å². The minimum Gasteiger partial charge on any atom is -0.507 e. The summed E-state index contributed by atoms with van der Waals surface area (Å²) in [6.45, 7) is -2.26. The zero-order valence-electron chi connectivity index (χ0n) is 47.5. The van der Waals surface area contributed by atoms with Crippen molar-refractivity contribution in [1.29, 1.82) is 0 Å². The molecule has 0 atom stereocenters. The van der Waals surface area contributed by atoms with Crippen LogP contribution in [0, 0.1) is 0 Å². The number of nitrogens with zero attached hydrogens (tertiary/aromatic N) is 3. The third kappa shape index (κ3) is 8.55. The van der Waals surface area contributed by atoms with Crippen LogP contribution in [-0.2, 0) is 5.41 Å². The minimum atomic E-state index is -3.49. The van der Waals surface area contributed by atoms with Crippen LogP contribution in [0.4, 0.5) is 0 Å². The molecule has 0 radical (unpaired) electrons. The molecule has 1 N–H and O–H groups in total. The molecule has 0 spiro atoms. The standard InChI is InChI=1S/C64H57N3O/c1-41(2)49-37-55(42(3)4)62(68)57(38-49)63-66-61-54(24-17-25-60(61)67(63)59-31-30-53(64(5,6)7)40-56(59)47-22-15-10-16-23-47)51-34-50(44-20-13-9-14-21-44)35-52(36-51)58-39-48(32-33-65-58)46-28-26-45(27-29-46)43-18-11-8-12-19-43/h8-42,68H,1-7H3/i5D3,6D3,7D3. The zero-order chi connectivity index (χ0) is 54.6. The Bertz CT molecular complexity index is 3730. The molecule has 0 saturated carbocycles. The molecule has 10 aromatic rings. The molecule has 68 heavy (non-hydrogen) atoms. The molecule has 0 aliphatic rings. The Hall–Kier alpha value is -7.82. The molecule has 4 heteroatoms. The maximum absolute atomic E-state index is 12.5. The highest BCUT2D eigenvalue weighted by Crippen LogP contribution is 2.45. The number of phenols is 1. The van der Waals surface area contributed by atoms with Crippen LogP contribution < -0.4 is 0 Å². The third-order valence-corrected chi connectivity index (χ3v) is 12.9. The van der Waals surface area contributed by atoms with Crippen LogP contribution in [0.15, 0.2) is 200 Å². The number of hydrogen-bond donors (Lipinski definition) is 1. The highest BCUT2D eigenvalue weighted by Gasteiger charge is 2.26. The van der Waals surface area contributed by atoms with E-state index < -0.39 is 26.0 Å². The van der Waals surface area contributed by atoms with E-state index in [4.69, 9.17) is 22.3 Å². The molecule has 0 aliphatic heterocycles. The van der Waals surface area contributed by atoms with E-state index in [1.54, 1.807) is 18.2 Å². The first kappa shape index (κ1) is 34.5. The van der Waals surface area contributed by atoms with Crippen molar-refractivity contribution in [3.63, 3.8) is 0 Å². The summed E-state index contributed by atoms with van der Waals surface area (Å²) in [5.41, 5.74) is 10.5. The number of imidazole rings is 1. The first-order chi connectivity index (χ1) is 36.7. The molecule has 0 unspecified atom stereocenters. The molecule has 0 amide bonds. The maximum Gasteiger partial charge on any atom is 0.149 e. The molecule has 8 aromatic carbocycles. The van der Waals surface area contributed by atoms with E-state index in [2.05, 4.69) is 86.6 Å². The summed E-state index contributed by atoms with van der Waals surface area (Å²) in [5.74, 6) is 0.389. The van der Waals surface area contributed by atoms with Gasteiger partial charge in [-0.2, -0.15) is 0 Å². The number of aromatic hydroxyl groups is 1. The summed E-state index contributed by atoms with van der Waals surface area (Å²) in [6.07, 6.45) is 1.83. The number of aromatic nitrogens is 3. The van der Waals surface area contributed by atoms with Crippen LogP contribution in [0.1, 0.15) is 89.1 Å². The van der Waals surface area contributed by atoms with Crippen molar-refractivity contribution in [2.24, 2.45) is 0 Å². The summed E-state index contributed by atoms with van der Waals surface area (Å²) in [7, 11) is 0. The molecule has 334 valence electrons. The average Bonchev–Trinajstić information content (AvgIpc) is 3.87.